The third-order valence-corrected chi connectivity index (χ3v) is 7.28. The Morgan fingerprint density at radius 1 is 0.947 bits per heavy atom. The Morgan fingerprint density at radius 3 is 2.42 bits per heavy atom. The molecule has 2 fully saturated rings. The molecule has 2 atom stereocenters. The Morgan fingerprint density at radius 2 is 1.71 bits per heavy atom. The van der Waals surface area contributed by atoms with Crippen LogP contribution >= 0.6 is 12.2 Å². The first-order valence-electron chi connectivity index (χ1n) is 13.0. The number of hydrogen-bond donors (Lipinski definition) is 1. The SMILES string of the molecule is CCOc1ccc(-c2ccc(C3C(c4ccccn4)NC(=S)N3c3ccc(N4CCOCC4)cc3)o2)cc1. The number of morpholine rings is 1. The average Bonchev–Trinajstić information content (AvgIpc) is 3.59. The third-order valence-electron chi connectivity index (χ3n) is 6.97. The Bertz CT molecular complexity index is 1370. The maximum Gasteiger partial charge on any atom is 0.174 e. The fourth-order valence-electron chi connectivity index (χ4n) is 5.12. The molecule has 0 saturated carbocycles. The summed E-state index contributed by atoms with van der Waals surface area (Å²) in [6, 6.07) is 26.2. The standard InChI is InChI=1S/C30H30N4O3S/c1-2-36-24-12-6-21(7-13-24)26-14-15-27(37-26)29-28(25-5-3-4-16-31-25)32-30(38)34(29)23-10-8-22(9-11-23)33-17-19-35-20-18-33/h3-16,28-29H,2,17-20H2,1H3,(H,32,38). The van der Waals surface area contributed by atoms with Crippen molar-refractivity contribution in [1.29, 1.82) is 0 Å². The predicted octanol–water partition coefficient (Wildman–Crippen LogP) is 5.75. The van der Waals surface area contributed by atoms with Gasteiger partial charge in [0, 0.05) is 36.2 Å². The molecule has 2 saturated heterocycles. The summed E-state index contributed by atoms with van der Waals surface area (Å²) < 4.78 is 17.6. The molecular formula is C30H30N4O3S. The zero-order chi connectivity index (χ0) is 25.9. The van der Waals surface area contributed by atoms with Gasteiger partial charge in [0.05, 0.1) is 31.6 Å². The molecule has 0 amide bonds. The zero-order valence-electron chi connectivity index (χ0n) is 21.2. The van der Waals surface area contributed by atoms with Gasteiger partial charge in [-0.25, -0.2) is 0 Å². The van der Waals surface area contributed by atoms with Crippen molar-refractivity contribution in [3.8, 4) is 17.1 Å². The van der Waals surface area contributed by atoms with E-state index in [2.05, 4.69) is 44.4 Å². The van der Waals surface area contributed by atoms with Crippen LogP contribution in [0, 0.1) is 0 Å². The molecule has 2 unspecified atom stereocenters. The first-order chi connectivity index (χ1) is 18.7. The fraction of sp³-hybridized carbons (Fsp3) is 0.267. The lowest BCUT2D eigenvalue weighted by Gasteiger charge is -2.30. The Labute approximate surface area is 228 Å². The Hall–Kier alpha value is -3.88. The minimum absolute atomic E-state index is 0.165. The van der Waals surface area contributed by atoms with Crippen molar-refractivity contribution in [3.63, 3.8) is 0 Å². The first kappa shape index (κ1) is 24.5. The van der Waals surface area contributed by atoms with Crippen molar-refractivity contribution >= 4 is 28.7 Å². The highest BCUT2D eigenvalue weighted by atomic mass is 32.1. The predicted molar refractivity (Wildman–Crippen MR) is 153 cm³/mol. The highest BCUT2D eigenvalue weighted by Gasteiger charge is 2.42. The molecule has 194 valence electrons. The molecule has 6 rings (SSSR count). The number of ether oxygens (including phenoxy) is 2. The Kier molecular flexibility index (Phi) is 6.98. The second kappa shape index (κ2) is 10.8. The normalized spacial score (nSPS) is 19.4. The highest BCUT2D eigenvalue weighted by Crippen LogP contribution is 2.43. The Balaban J connectivity index is 1.34. The second-order valence-corrected chi connectivity index (χ2v) is 9.66. The fourth-order valence-corrected chi connectivity index (χ4v) is 5.46. The van der Waals surface area contributed by atoms with Gasteiger partial charge in [0.1, 0.15) is 23.3 Å². The number of aromatic nitrogens is 1. The number of furan rings is 1. The van der Waals surface area contributed by atoms with E-state index >= 15 is 0 Å². The van der Waals surface area contributed by atoms with Gasteiger partial charge < -0.3 is 29.0 Å². The maximum absolute atomic E-state index is 6.49. The van der Waals surface area contributed by atoms with Gasteiger partial charge in [0.2, 0.25) is 0 Å². The molecule has 2 aromatic heterocycles. The molecular weight excluding hydrogens is 496 g/mol. The van der Waals surface area contributed by atoms with Crippen LogP contribution in [0.5, 0.6) is 5.75 Å². The number of hydrogen-bond acceptors (Lipinski definition) is 6. The molecule has 7 nitrogen and oxygen atoms in total. The maximum atomic E-state index is 6.49. The summed E-state index contributed by atoms with van der Waals surface area (Å²) in [5.41, 5.74) is 4.08. The molecule has 0 radical (unpaired) electrons. The van der Waals surface area contributed by atoms with Gasteiger partial charge in [-0.3, -0.25) is 4.98 Å². The smallest absolute Gasteiger partial charge is 0.174 e. The number of rotatable bonds is 7. The summed E-state index contributed by atoms with van der Waals surface area (Å²) in [5.74, 6) is 2.45. The summed E-state index contributed by atoms with van der Waals surface area (Å²) in [4.78, 5) is 9.13. The van der Waals surface area contributed by atoms with E-state index in [1.165, 1.54) is 5.69 Å². The van der Waals surface area contributed by atoms with Crippen molar-refractivity contribution in [2.75, 3.05) is 42.7 Å². The molecule has 0 bridgehead atoms. The van der Waals surface area contributed by atoms with Crippen molar-refractivity contribution < 1.29 is 13.9 Å². The number of thiocarbonyl (C=S) groups is 1. The van der Waals surface area contributed by atoms with E-state index in [0.717, 1.165) is 60.5 Å². The summed E-state index contributed by atoms with van der Waals surface area (Å²) in [7, 11) is 0. The number of nitrogens with zero attached hydrogens (tertiary/aromatic N) is 3. The lowest BCUT2D eigenvalue weighted by molar-refractivity contribution is 0.122. The summed E-state index contributed by atoms with van der Waals surface area (Å²) in [5, 5.41) is 4.15. The molecule has 4 aromatic rings. The van der Waals surface area contributed by atoms with Crippen LogP contribution in [0.15, 0.2) is 89.5 Å². The van der Waals surface area contributed by atoms with Crippen molar-refractivity contribution in [3.05, 3.63) is 96.5 Å². The van der Waals surface area contributed by atoms with Gasteiger partial charge >= 0.3 is 0 Å². The lowest BCUT2D eigenvalue weighted by Crippen LogP contribution is -2.36. The monoisotopic (exact) mass is 526 g/mol. The van der Waals surface area contributed by atoms with Gasteiger partial charge in [0.15, 0.2) is 5.11 Å². The molecule has 1 N–H and O–H groups in total. The van der Waals surface area contributed by atoms with Crippen LogP contribution in [-0.2, 0) is 4.74 Å². The van der Waals surface area contributed by atoms with Gasteiger partial charge in [-0.2, -0.15) is 0 Å². The molecule has 0 aliphatic carbocycles. The average molecular weight is 527 g/mol. The van der Waals surface area contributed by atoms with E-state index < -0.39 is 0 Å². The minimum Gasteiger partial charge on any atom is -0.494 e. The molecule has 4 heterocycles. The zero-order valence-corrected chi connectivity index (χ0v) is 22.1. The summed E-state index contributed by atoms with van der Waals surface area (Å²) >= 11 is 5.88. The molecule has 38 heavy (non-hydrogen) atoms. The summed E-state index contributed by atoms with van der Waals surface area (Å²) in [6.45, 7) is 5.92. The number of pyridine rings is 1. The number of anilines is 2. The van der Waals surface area contributed by atoms with Gasteiger partial charge in [0.25, 0.3) is 0 Å². The van der Waals surface area contributed by atoms with Crippen molar-refractivity contribution in [1.82, 2.24) is 10.3 Å². The molecule has 2 aliphatic heterocycles. The number of benzene rings is 2. The van der Waals surface area contributed by atoms with Crippen LogP contribution in [0.1, 0.15) is 30.5 Å². The largest absolute Gasteiger partial charge is 0.494 e. The highest BCUT2D eigenvalue weighted by molar-refractivity contribution is 7.80. The third kappa shape index (κ3) is 4.85. The van der Waals surface area contributed by atoms with E-state index in [1.807, 2.05) is 67.7 Å². The van der Waals surface area contributed by atoms with Crippen LogP contribution in [0.4, 0.5) is 11.4 Å². The number of nitrogens with one attached hydrogen (secondary N) is 1. The van der Waals surface area contributed by atoms with Crippen molar-refractivity contribution in [2.24, 2.45) is 0 Å². The topological polar surface area (TPSA) is 63.0 Å². The second-order valence-electron chi connectivity index (χ2n) is 9.27. The van der Waals surface area contributed by atoms with Crippen LogP contribution in [0.25, 0.3) is 11.3 Å². The van der Waals surface area contributed by atoms with E-state index in [0.29, 0.717) is 11.7 Å². The van der Waals surface area contributed by atoms with Crippen LogP contribution in [0.2, 0.25) is 0 Å². The first-order valence-corrected chi connectivity index (χ1v) is 13.4. The van der Waals surface area contributed by atoms with E-state index in [9.17, 15) is 0 Å². The molecule has 0 spiro atoms. The van der Waals surface area contributed by atoms with Gasteiger partial charge in [-0.05, 0) is 91.9 Å². The minimum atomic E-state index is -0.205. The summed E-state index contributed by atoms with van der Waals surface area (Å²) in [6.07, 6.45) is 1.81. The molecule has 2 aliphatic rings. The van der Waals surface area contributed by atoms with E-state index in [-0.39, 0.29) is 12.1 Å². The van der Waals surface area contributed by atoms with Gasteiger partial charge in [-0.1, -0.05) is 6.07 Å². The van der Waals surface area contributed by atoms with Crippen LogP contribution < -0.4 is 19.9 Å². The van der Waals surface area contributed by atoms with Crippen molar-refractivity contribution in [2.45, 2.75) is 19.0 Å². The van der Waals surface area contributed by atoms with Crippen LogP contribution in [-0.4, -0.2) is 43.0 Å². The van der Waals surface area contributed by atoms with E-state index in [4.69, 9.17) is 26.1 Å². The quantitative estimate of drug-likeness (QED) is 0.305. The van der Waals surface area contributed by atoms with E-state index in [1.54, 1.807) is 0 Å². The lowest BCUT2D eigenvalue weighted by atomic mass is 10.0. The van der Waals surface area contributed by atoms with Gasteiger partial charge in [-0.15, -0.1) is 0 Å². The molecule has 2 aromatic carbocycles. The molecule has 8 heteroatoms. The van der Waals surface area contributed by atoms with Crippen LogP contribution in [0.3, 0.4) is 0 Å².